The average Bonchev–Trinajstić information content (AvgIpc) is 3.35. The van der Waals surface area contributed by atoms with Crippen molar-refractivity contribution >= 4 is 23.5 Å². The van der Waals surface area contributed by atoms with Crippen molar-refractivity contribution in [1.82, 2.24) is 0 Å². The van der Waals surface area contributed by atoms with E-state index in [-0.39, 0.29) is 41.7 Å². The number of ether oxygens (including phenoxy) is 2. The summed E-state index contributed by atoms with van der Waals surface area (Å²) in [6.07, 6.45) is 10.9. The molecule has 0 aliphatic heterocycles. The van der Waals surface area contributed by atoms with E-state index < -0.39 is 36.2 Å². The molecule has 42 heavy (non-hydrogen) atoms. The molecule has 4 aliphatic carbocycles. The van der Waals surface area contributed by atoms with Gasteiger partial charge >= 0.3 is 11.9 Å². The maximum absolute atomic E-state index is 13.2. The number of hydrogen-bond acceptors (Lipinski definition) is 7. The summed E-state index contributed by atoms with van der Waals surface area (Å²) in [6, 6.07) is 9.88. The van der Waals surface area contributed by atoms with Crippen LogP contribution < -0.4 is 0 Å². The fourth-order valence-electron chi connectivity index (χ4n) is 7.90. The Labute approximate surface area is 248 Å². The molecular formula is C35H42O7. The van der Waals surface area contributed by atoms with Crippen LogP contribution in [0.1, 0.15) is 76.7 Å². The highest BCUT2D eigenvalue weighted by Crippen LogP contribution is 2.61. The van der Waals surface area contributed by atoms with Crippen molar-refractivity contribution in [3.05, 3.63) is 71.8 Å². The number of carbonyl (C=O) groups excluding carboxylic acids is 4. The summed E-state index contributed by atoms with van der Waals surface area (Å²) < 4.78 is 10.7. The molecule has 6 atom stereocenters. The van der Waals surface area contributed by atoms with Crippen LogP contribution >= 0.6 is 0 Å². The van der Waals surface area contributed by atoms with Gasteiger partial charge in [0, 0.05) is 11.8 Å². The number of aryl methyl sites for hydroxylation is 1. The molecule has 6 unspecified atom stereocenters. The molecule has 224 valence electrons. The molecule has 1 aromatic rings. The number of fused-ring (bicyclic) bond motifs is 5. The van der Waals surface area contributed by atoms with Gasteiger partial charge in [-0.15, -0.1) is 0 Å². The summed E-state index contributed by atoms with van der Waals surface area (Å²) >= 11 is 0. The van der Waals surface area contributed by atoms with Crippen molar-refractivity contribution in [3.8, 4) is 0 Å². The molecule has 2 saturated carbocycles. The number of benzene rings is 1. The van der Waals surface area contributed by atoms with E-state index in [0.29, 0.717) is 25.7 Å². The van der Waals surface area contributed by atoms with E-state index in [2.05, 4.69) is 19.6 Å². The molecule has 5 rings (SSSR count). The number of allylic oxidation sites excluding steroid dienone is 3. The van der Waals surface area contributed by atoms with Gasteiger partial charge in [0.05, 0.1) is 24.4 Å². The van der Waals surface area contributed by atoms with Gasteiger partial charge in [-0.05, 0) is 74.8 Å². The van der Waals surface area contributed by atoms with Crippen molar-refractivity contribution in [1.29, 1.82) is 0 Å². The van der Waals surface area contributed by atoms with Gasteiger partial charge in [0.2, 0.25) is 0 Å². The van der Waals surface area contributed by atoms with Crippen LogP contribution in [0.3, 0.4) is 0 Å². The summed E-state index contributed by atoms with van der Waals surface area (Å²) in [5.74, 6) is -1.65. The lowest BCUT2D eigenvalue weighted by Crippen LogP contribution is -2.51. The molecular weight excluding hydrogens is 532 g/mol. The van der Waals surface area contributed by atoms with Gasteiger partial charge in [-0.1, -0.05) is 67.1 Å². The molecule has 1 aromatic carbocycles. The Hall–Kier alpha value is -3.32. The van der Waals surface area contributed by atoms with Gasteiger partial charge in [0.1, 0.15) is 12.7 Å². The molecule has 0 aromatic heterocycles. The van der Waals surface area contributed by atoms with E-state index in [1.807, 2.05) is 36.4 Å². The standard InChI is InChI=1S/C35H42O7/c1-3-26(11-9-23-7-5-4-6-8-23)42-33(39)16-15-32(38)41-22-31(37)30-14-13-29-27-12-10-24-21-25(36)17-19-34(24,2)28(27)18-20-35(29,30)40/h3-8,18,21,26-27,29-30,40H,1,9-17,19-20,22H2,2H3. The maximum atomic E-state index is 13.2. The van der Waals surface area contributed by atoms with Crippen LogP contribution in [-0.4, -0.2) is 46.9 Å². The van der Waals surface area contributed by atoms with Crippen molar-refractivity contribution in [3.63, 3.8) is 0 Å². The lowest BCUT2D eigenvalue weighted by molar-refractivity contribution is -0.155. The lowest BCUT2D eigenvalue weighted by Gasteiger charge is -2.52. The Bertz CT molecular complexity index is 1290. The molecule has 0 spiro atoms. The maximum Gasteiger partial charge on any atom is 0.306 e. The molecule has 0 radical (unpaired) electrons. The lowest BCUT2D eigenvalue weighted by atomic mass is 9.53. The number of Topliss-reactive ketones (excluding diaryl/α,β-unsaturated/α-hetero) is 1. The monoisotopic (exact) mass is 574 g/mol. The van der Waals surface area contributed by atoms with E-state index in [9.17, 15) is 24.3 Å². The third kappa shape index (κ3) is 6.07. The summed E-state index contributed by atoms with van der Waals surface area (Å²) in [5.41, 5.74) is 2.39. The molecule has 7 nitrogen and oxygen atoms in total. The third-order valence-electron chi connectivity index (χ3n) is 10.2. The Balaban J connectivity index is 1.09. The first kappa shape index (κ1) is 30.1. The van der Waals surface area contributed by atoms with Crippen molar-refractivity contribution < 1.29 is 33.8 Å². The zero-order chi connectivity index (χ0) is 29.9. The zero-order valence-corrected chi connectivity index (χ0v) is 24.5. The second kappa shape index (κ2) is 12.5. The van der Waals surface area contributed by atoms with E-state index in [0.717, 1.165) is 37.7 Å². The van der Waals surface area contributed by atoms with Crippen LogP contribution in [0, 0.1) is 23.2 Å². The van der Waals surface area contributed by atoms with Gasteiger partial charge in [0.15, 0.2) is 11.6 Å². The number of rotatable bonds is 11. The summed E-state index contributed by atoms with van der Waals surface area (Å²) in [5, 5.41) is 11.8. The van der Waals surface area contributed by atoms with Crippen molar-refractivity contribution in [2.45, 2.75) is 89.3 Å². The smallest absolute Gasteiger partial charge is 0.306 e. The van der Waals surface area contributed by atoms with Gasteiger partial charge in [-0.25, -0.2) is 0 Å². The minimum absolute atomic E-state index is 0.0207. The SMILES string of the molecule is C=CC(CCc1ccccc1)OC(=O)CCC(=O)OCC(=O)C1CCC2C3CCC4=CC(=O)CCC4(C)C3=CCC12O. The third-order valence-corrected chi connectivity index (χ3v) is 10.2. The highest BCUT2D eigenvalue weighted by molar-refractivity contribution is 5.92. The predicted octanol–water partition coefficient (Wildman–Crippen LogP) is 5.40. The molecule has 1 N–H and O–H groups in total. The second-order valence-electron chi connectivity index (χ2n) is 12.6. The molecule has 0 amide bonds. The second-order valence-corrected chi connectivity index (χ2v) is 12.6. The molecule has 0 bridgehead atoms. The van der Waals surface area contributed by atoms with Gasteiger partial charge in [0.25, 0.3) is 0 Å². The normalized spacial score (nSPS) is 30.5. The molecule has 4 aliphatic rings. The summed E-state index contributed by atoms with van der Waals surface area (Å²) in [7, 11) is 0. The Kier molecular flexibility index (Phi) is 8.97. The van der Waals surface area contributed by atoms with E-state index in [4.69, 9.17) is 9.47 Å². The minimum Gasteiger partial charge on any atom is -0.458 e. The van der Waals surface area contributed by atoms with Gasteiger partial charge < -0.3 is 14.6 Å². The quantitative estimate of drug-likeness (QED) is 0.278. The first-order valence-electron chi connectivity index (χ1n) is 15.3. The first-order valence-corrected chi connectivity index (χ1v) is 15.3. The predicted molar refractivity (Wildman–Crippen MR) is 157 cm³/mol. The summed E-state index contributed by atoms with van der Waals surface area (Å²) in [4.78, 5) is 49.9. The number of aliphatic hydroxyl groups is 1. The number of hydrogen-bond donors (Lipinski definition) is 1. The summed E-state index contributed by atoms with van der Waals surface area (Å²) in [6.45, 7) is 5.56. The van der Waals surface area contributed by atoms with Crippen LogP contribution in [0.4, 0.5) is 0 Å². The highest BCUT2D eigenvalue weighted by Gasteiger charge is 2.59. The molecule has 0 saturated heterocycles. The van der Waals surface area contributed by atoms with Crippen LogP contribution in [0.2, 0.25) is 0 Å². The minimum atomic E-state index is -1.15. The molecule has 0 heterocycles. The molecule has 2 fully saturated rings. The van der Waals surface area contributed by atoms with E-state index in [1.54, 1.807) is 6.08 Å². The van der Waals surface area contributed by atoms with Gasteiger partial charge in [-0.3, -0.25) is 19.2 Å². The van der Waals surface area contributed by atoms with Gasteiger partial charge in [-0.2, -0.15) is 0 Å². The van der Waals surface area contributed by atoms with E-state index >= 15 is 0 Å². The topological polar surface area (TPSA) is 107 Å². The van der Waals surface area contributed by atoms with E-state index in [1.165, 1.54) is 11.1 Å². The van der Waals surface area contributed by atoms with Crippen LogP contribution in [-0.2, 0) is 35.1 Å². The fourth-order valence-corrected chi connectivity index (χ4v) is 7.90. The van der Waals surface area contributed by atoms with Crippen LogP contribution in [0.25, 0.3) is 0 Å². The zero-order valence-electron chi connectivity index (χ0n) is 24.5. The Morgan fingerprint density at radius 1 is 1.10 bits per heavy atom. The Morgan fingerprint density at radius 2 is 1.86 bits per heavy atom. The fraction of sp³-hybridized carbons (Fsp3) is 0.543. The first-order chi connectivity index (χ1) is 20.1. The largest absolute Gasteiger partial charge is 0.458 e. The molecule has 7 heteroatoms. The Morgan fingerprint density at radius 3 is 2.62 bits per heavy atom. The van der Waals surface area contributed by atoms with Crippen molar-refractivity contribution in [2.75, 3.05) is 6.61 Å². The van der Waals surface area contributed by atoms with Crippen LogP contribution in [0.15, 0.2) is 66.3 Å². The van der Waals surface area contributed by atoms with Crippen molar-refractivity contribution in [2.24, 2.45) is 23.2 Å². The highest BCUT2D eigenvalue weighted by atomic mass is 16.5. The average molecular weight is 575 g/mol. The van der Waals surface area contributed by atoms with Crippen LogP contribution in [0.5, 0.6) is 0 Å². The number of ketones is 2. The number of carbonyl (C=O) groups is 4. The number of esters is 2.